The van der Waals surface area contributed by atoms with Crippen molar-refractivity contribution >= 4 is 0 Å². The average Bonchev–Trinajstić information content (AvgIpc) is 2.96. The Morgan fingerprint density at radius 2 is 2.11 bits per heavy atom. The summed E-state index contributed by atoms with van der Waals surface area (Å²) in [6.45, 7) is 3.40. The van der Waals surface area contributed by atoms with Crippen molar-refractivity contribution in [1.82, 2.24) is 10.2 Å². The molecule has 2 heterocycles. The molecule has 0 amide bonds. The Morgan fingerprint density at radius 1 is 1.22 bits per heavy atom. The van der Waals surface area contributed by atoms with Crippen LogP contribution in [-0.4, -0.2) is 36.6 Å². The molecule has 3 rings (SSSR count). The van der Waals surface area contributed by atoms with E-state index in [4.69, 9.17) is 0 Å². The summed E-state index contributed by atoms with van der Waals surface area (Å²) in [5.41, 5.74) is 0.825. The van der Waals surface area contributed by atoms with Crippen molar-refractivity contribution in [2.45, 2.75) is 37.8 Å². The van der Waals surface area contributed by atoms with E-state index in [-0.39, 0.29) is 5.82 Å². The largest absolute Gasteiger partial charge is 0.312 e. The Labute approximate surface area is 108 Å². The second-order valence-corrected chi connectivity index (χ2v) is 5.44. The first-order valence-electron chi connectivity index (χ1n) is 7.05. The molecule has 2 unspecified atom stereocenters. The summed E-state index contributed by atoms with van der Waals surface area (Å²) in [5.74, 6) is -0.0757. The number of benzene rings is 1. The Bertz CT molecular complexity index is 407. The highest BCUT2D eigenvalue weighted by Crippen LogP contribution is 2.27. The lowest BCUT2D eigenvalue weighted by atomic mass is 10.1. The van der Waals surface area contributed by atoms with Crippen LogP contribution in [-0.2, 0) is 6.42 Å². The minimum absolute atomic E-state index is 0.0757. The lowest BCUT2D eigenvalue weighted by Crippen LogP contribution is -2.40. The lowest BCUT2D eigenvalue weighted by molar-refractivity contribution is 0.299. The van der Waals surface area contributed by atoms with E-state index >= 15 is 0 Å². The monoisotopic (exact) mass is 248 g/mol. The van der Waals surface area contributed by atoms with Crippen LogP contribution in [0.3, 0.4) is 0 Å². The van der Waals surface area contributed by atoms with Gasteiger partial charge in [0.15, 0.2) is 0 Å². The van der Waals surface area contributed by atoms with Gasteiger partial charge in [-0.05, 0) is 50.4 Å². The first-order valence-corrected chi connectivity index (χ1v) is 7.05. The van der Waals surface area contributed by atoms with Crippen LogP contribution in [0.4, 0.5) is 4.39 Å². The first kappa shape index (κ1) is 12.1. The molecule has 2 aliphatic rings. The summed E-state index contributed by atoms with van der Waals surface area (Å²) in [4.78, 5) is 2.60. The normalized spacial score (nSPS) is 27.6. The Balaban J connectivity index is 1.49. The summed E-state index contributed by atoms with van der Waals surface area (Å²) < 4.78 is 13.5. The molecule has 2 atom stereocenters. The van der Waals surface area contributed by atoms with E-state index in [0.717, 1.165) is 24.6 Å². The van der Waals surface area contributed by atoms with Crippen molar-refractivity contribution in [1.29, 1.82) is 0 Å². The molecule has 2 fully saturated rings. The third kappa shape index (κ3) is 2.43. The summed E-state index contributed by atoms with van der Waals surface area (Å²) in [5, 5.41) is 3.62. The molecule has 0 radical (unpaired) electrons. The van der Waals surface area contributed by atoms with Gasteiger partial charge < -0.3 is 5.32 Å². The molecule has 2 saturated heterocycles. The van der Waals surface area contributed by atoms with Crippen LogP contribution in [0.1, 0.15) is 24.8 Å². The fourth-order valence-corrected chi connectivity index (χ4v) is 3.41. The molecule has 0 saturated carbocycles. The number of nitrogens with one attached hydrogen (secondary N) is 1. The van der Waals surface area contributed by atoms with Gasteiger partial charge in [-0.3, -0.25) is 4.90 Å². The van der Waals surface area contributed by atoms with Crippen molar-refractivity contribution in [2.75, 3.05) is 19.6 Å². The standard InChI is InChI=1S/C15H21FN2/c16-13-5-2-1-4-12(13)7-9-17-14-8-11-18-10-3-6-15(14)18/h1-2,4-5,14-15,17H,3,6-11H2. The van der Waals surface area contributed by atoms with Crippen LogP contribution in [0.2, 0.25) is 0 Å². The first-order chi connectivity index (χ1) is 8.84. The maximum Gasteiger partial charge on any atom is 0.126 e. The number of rotatable bonds is 4. The van der Waals surface area contributed by atoms with Gasteiger partial charge in [-0.25, -0.2) is 4.39 Å². The fourth-order valence-electron chi connectivity index (χ4n) is 3.41. The molecular weight excluding hydrogens is 227 g/mol. The Hall–Kier alpha value is -0.930. The molecule has 0 bridgehead atoms. The van der Waals surface area contributed by atoms with E-state index in [1.807, 2.05) is 12.1 Å². The Morgan fingerprint density at radius 3 is 3.00 bits per heavy atom. The third-order valence-corrected chi connectivity index (χ3v) is 4.36. The molecule has 3 heteroatoms. The van der Waals surface area contributed by atoms with E-state index < -0.39 is 0 Å². The van der Waals surface area contributed by atoms with E-state index in [1.54, 1.807) is 12.1 Å². The summed E-state index contributed by atoms with van der Waals surface area (Å²) in [6.07, 6.45) is 4.71. The zero-order valence-corrected chi connectivity index (χ0v) is 10.7. The van der Waals surface area contributed by atoms with Crippen LogP contribution in [0, 0.1) is 5.82 Å². The van der Waals surface area contributed by atoms with Gasteiger partial charge in [0.05, 0.1) is 0 Å². The molecule has 0 aromatic heterocycles. The minimum atomic E-state index is -0.0757. The quantitative estimate of drug-likeness (QED) is 0.878. The van der Waals surface area contributed by atoms with E-state index in [2.05, 4.69) is 10.2 Å². The van der Waals surface area contributed by atoms with Gasteiger partial charge in [0.25, 0.3) is 0 Å². The summed E-state index contributed by atoms with van der Waals surface area (Å²) in [7, 11) is 0. The molecule has 2 nitrogen and oxygen atoms in total. The predicted molar refractivity (Wildman–Crippen MR) is 71.1 cm³/mol. The second kappa shape index (κ2) is 5.37. The van der Waals surface area contributed by atoms with Crippen molar-refractivity contribution in [3.05, 3.63) is 35.6 Å². The maximum absolute atomic E-state index is 13.5. The number of fused-ring (bicyclic) bond motifs is 1. The van der Waals surface area contributed by atoms with Crippen LogP contribution in [0.25, 0.3) is 0 Å². The van der Waals surface area contributed by atoms with Gasteiger partial charge in [0.1, 0.15) is 5.82 Å². The minimum Gasteiger partial charge on any atom is -0.312 e. The molecule has 0 spiro atoms. The van der Waals surface area contributed by atoms with Crippen molar-refractivity contribution in [3.63, 3.8) is 0 Å². The number of halogens is 1. The highest BCUT2D eigenvalue weighted by atomic mass is 19.1. The number of nitrogens with zero attached hydrogens (tertiary/aromatic N) is 1. The smallest absolute Gasteiger partial charge is 0.126 e. The predicted octanol–water partition coefficient (Wildman–Crippen LogP) is 2.19. The summed E-state index contributed by atoms with van der Waals surface area (Å²) in [6, 6.07) is 8.45. The lowest BCUT2D eigenvalue weighted by Gasteiger charge is -2.21. The van der Waals surface area contributed by atoms with E-state index in [9.17, 15) is 4.39 Å². The number of hydrogen-bond donors (Lipinski definition) is 1. The van der Waals surface area contributed by atoms with E-state index in [0.29, 0.717) is 6.04 Å². The molecule has 1 N–H and O–H groups in total. The molecule has 2 aliphatic heterocycles. The van der Waals surface area contributed by atoms with Gasteiger partial charge >= 0.3 is 0 Å². The van der Waals surface area contributed by atoms with Crippen molar-refractivity contribution in [2.24, 2.45) is 0 Å². The molecule has 98 valence electrons. The maximum atomic E-state index is 13.5. The highest BCUT2D eigenvalue weighted by molar-refractivity contribution is 5.17. The summed E-state index contributed by atoms with van der Waals surface area (Å²) >= 11 is 0. The topological polar surface area (TPSA) is 15.3 Å². The van der Waals surface area contributed by atoms with Crippen LogP contribution in [0.5, 0.6) is 0 Å². The highest BCUT2D eigenvalue weighted by Gasteiger charge is 2.36. The van der Waals surface area contributed by atoms with Crippen molar-refractivity contribution < 1.29 is 4.39 Å². The van der Waals surface area contributed by atoms with Crippen LogP contribution >= 0.6 is 0 Å². The van der Waals surface area contributed by atoms with Crippen LogP contribution < -0.4 is 5.32 Å². The molecule has 1 aromatic rings. The van der Waals surface area contributed by atoms with Gasteiger partial charge in [0.2, 0.25) is 0 Å². The zero-order chi connectivity index (χ0) is 12.4. The molecule has 1 aromatic carbocycles. The van der Waals surface area contributed by atoms with Gasteiger partial charge in [-0.1, -0.05) is 18.2 Å². The Kier molecular flexibility index (Phi) is 3.62. The molecule has 18 heavy (non-hydrogen) atoms. The van der Waals surface area contributed by atoms with Crippen molar-refractivity contribution in [3.8, 4) is 0 Å². The fraction of sp³-hybridized carbons (Fsp3) is 0.600. The SMILES string of the molecule is Fc1ccccc1CCNC1CCN2CCCC12. The second-order valence-electron chi connectivity index (χ2n) is 5.44. The number of hydrogen-bond acceptors (Lipinski definition) is 2. The van der Waals surface area contributed by atoms with E-state index in [1.165, 1.54) is 32.4 Å². The molecule has 0 aliphatic carbocycles. The molecular formula is C15H21FN2. The third-order valence-electron chi connectivity index (χ3n) is 4.36. The van der Waals surface area contributed by atoms with Gasteiger partial charge in [0, 0.05) is 18.6 Å². The average molecular weight is 248 g/mol. The van der Waals surface area contributed by atoms with Crippen LogP contribution in [0.15, 0.2) is 24.3 Å². The van der Waals surface area contributed by atoms with Gasteiger partial charge in [-0.15, -0.1) is 0 Å². The van der Waals surface area contributed by atoms with Gasteiger partial charge in [-0.2, -0.15) is 0 Å². The zero-order valence-electron chi connectivity index (χ0n) is 10.7.